The Morgan fingerprint density at radius 1 is 1.05 bits per heavy atom. The van der Waals surface area contributed by atoms with Crippen molar-refractivity contribution in [1.29, 1.82) is 0 Å². The molecule has 0 amide bonds. The van der Waals surface area contributed by atoms with Crippen LogP contribution in [0.4, 0.5) is 11.4 Å². The Kier molecular flexibility index (Phi) is 3.60. The van der Waals surface area contributed by atoms with Crippen LogP contribution in [0, 0.1) is 0 Å². The van der Waals surface area contributed by atoms with Gasteiger partial charge in [0, 0.05) is 31.9 Å². The second kappa shape index (κ2) is 5.54. The van der Waals surface area contributed by atoms with E-state index in [1.54, 1.807) is 0 Å². The van der Waals surface area contributed by atoms with Gasteiger partial charge in [0.05, 0.1) is 11.2 Å². The molecule has 1 aromatic carbocycles. The molecule has 1 saturated heterocycles. The normalized spacial score (nSPS) is 15.4. The molecule has 0 atom stereocenters. The second-order valence-electron chi connectivity index (χ2n) is 4.71. The quantitative estimate of drug-likeness (QED) is 0.915. The van der Waals surface area contributed by atoms with Crippen molar-refractivity contribution in [3.63, 3.8) is 0 Å². The first-order valence-corrected chi connectivity index (χ1v) is 6.91. The van der Waals surface area contributed by atoms with Crippen LogP contribution in [0.15, 0.2) is 41.3 Å². The van der Waals surface area contributed by atoms with E-state index in [0.717, 1.165) is 26.2 Å². The molecule has 1 fully saturated rings. The average Bonchev–Trinajstić information content (AvgIpc) is 2.49. The zero-order chi connectivity index (χ0) is 13.9. The number of anilines is 2. The number of hydrogen-bond donors (Lipinski definition) is 1. The van der Waals surface area contributed by atoms with Crippen LogP contribution in [-0.2, 0) is 0 Å². The largest absolute Gasteiger partial charge is 0.368 e. The third-order valence-corrected chi connectivity index (χ3v) is 3.78. The number of aromatic amines is 1. The Hall–Kier alpha value is -2.01. The molecule has 0 radical (unpaired) electrons. The van der Waals surface area contributed by atoms with Crippen molar-refractivity contribution in [3.8, 4) is 0 Å². The van der Waals surface area contributed by atoms with Crippen molar-refractivity contribution >= 4 is 23.0 Å². The van der Waals surface area contributed by atoms with E-state index < -0.39 is 0 Å². The predicted molar refractivity (Wildman–Crippen MR) is 80.7 cm³/mol. The fraction of sp³-hybridized carbons (Fsp3) is 0.286. The third kappa shape index (κ3) is 2.49. The van der Waals surface area contributed by atoms with Gasteiger partial charge in [-0.2, -0.15) is 5.10 Å². The molecule has 104 valence electrons. The molecule has 3 rings (SSSR count). The van der Waals surface area contributed by atoms with E-state index in [4.69, 9.17) is 11.6 Å². The zero-order valence-corrected chi connectivity index (χ0v) is 11.7. The number of para-hydroxylation sites is 1. The van der Waals surface area contributed by atoms with Gasteiger partial charge in [-0.05, 0) is 12.1 Å². The smallest absolute Gasteiger partial charge is 0.289 e. The maximum atomic E-state index is 11.8. The minimum Gasteiger partial charge on any atom is -0.368 e. The number of hydrogen-bond acceptors (Lipinski definition) is 4. The van der Waals surface area contributed by atoms with Gasteiger partial charge in [-0.15, -0.1) is 0 Å². The Bertz CT molecular complexity index is 635. The summed E-state index contributed by atoms with van der Waals surface area (Å²) in [6.45, 7) is 3.26. The highest BCUT2D eigenvalue weighted by Crippen LogP contribution is 2.22. The topological polar surface area (TPSA) is 52.2 Å². The van der Waals surface area contributed by atoms with Crippen LogP contribution < -0.4 is 15.4 Å². The van der Waals surface area contributed by atoms with Crippen LogP contribution in [0.5, 0.6) is 0 Å². The molecule has 0 unspecified atom stereocenters. The minimum absolute atomic E-state index is 0.231. The summed E-state index contributed by atoms with van der Waals surface area (Å²) in [5.74, 6) is 0. The number of nitrogens with zero attached hydrogens (tertiary/aromatic N) is 3. The highest BCUT2D eigenvalue weighted by molar-refractivity contribution is 6.33. The Labute approximate surface area is 121 Å². The van der Waals surface area contributed by atoms with E-state index in [0.29, 0.717) is 10.7 Å². The lowest BCUT2D eigenvalue weighted by Crippen LogP contribution is -2.48. The summed E-state index contributed by atoms with van der Waals surface area (Å²) in [6, 6.07) is 10.3. The molecule has 2 aromatic rings. The first kappa shape index (κ1) is 13.0. The van der Waals surface area contributed by atoms with Gasteiger partial charge in [-0.1, -0.05) is 29.8 Å². The summed E-state index contributed by atoms with van der Waals surface area (Å²) in [5.41, 5.74) is 1.50. The molecule has 0 spiro atoms. The van der Waals surface area contributed by atoms with Crippen molar-refractivity contribution in [2.75, 3.05) is 36.0 Å². The summed E-state index contributed by atoms with van der Waals surface area (Å²) in [5, 5.41) is 6.54. The summed E-state index contributed by atoms with van der Waals surface area (Å²) >= 11 is 6.08. The summed E-state index contributed by atoms with van der Waals surface area (Å²) in [7, 11) is 0. The fourth-order valence-electron chi connectivity index (χ4n) is 2.49. The highest BCUT2D eigenvalue weighted by atomic mass is 35.5. The molecule has 20 heavy (non-hydrogen) atoms. The van der Waals surface area contributed by atoms with Gasteiger partial charge in [-0.3, -0.25) is 4.79 Å². The van der Waals surface area contributed by atoms with E-state index in [9.17, 15) is 4.79 Å². The van der Waals surface area contributed by atoms with Gasteiger partial charge in [0.15, 0.2) is 0 Å². The lowest BCUT2D eigenvalue weighted by atomic mass is 10.2. The maximum Gasteiger partial charge on any atom is 0.289 e. The summed E-state index contributed by atoms with van der Waals surface area (Å²) < 4.78 is 0. The molecule has 5 nitrogen and oxygen atoms in total. The van der Waals surface area contributed by atoms with Gasteiger partial charge in [-0.25, -0.2) is 5.10 Å². The van der Waals surface area contributed by atoms with Crippen LogP contribution in [0.1, 0.15) is 0 Å². The first-order valence-electron chi connectivity index (χ1n) is 6.54. The molecular weight excluding hydrogens is 276 g/mol. The van der Waals surface area contributed by atoms with Crippen LogP contribution in [0.25, 0.3) is 0 Å². The molecule has 1 N–H and O–H groups in total. The molecule has 6 heteroatoms. The van der Waals surface area contributed by atoms with Crippen LogP contribution >= 0.6 is 11.6 Å². The van der Waals surface area contributed by atoms with Crippen LogP contribution in [-0.4, -0.2) is 36.4 Å². The molecule has 1 aromatic heterocycles. The SMILES string of the molecule is O=c1[nH]ncc(Cl)c1N1CCN(c2ccccc2)CC1. The van der Waals surface area contributed by atoms with Crippen LogP contribution in [0.3, 0.4) is 0 Å². The number of aromatic nitrogens is 2. The number of halogens is 1. The average molecular weight is 291 g/mol. The van der Waals surface area contributed by atoms with Gasteiger partial charge in [0.2, 0.25) is 0 Å². The van der Waals surface area contributed by atoms with E-state index in [1.165, 1.54) is 11.9 Å². The van der Waals surface area contributed by atoms with Crippen molar-refractivity contribution in [1.82, 2.24) is 10.2 Å². The lowest BCUT2D eigenvalue weighted by molar-refractivity contribution is 0.649. The standard InChI is InChI=1S/C14H15ClN4O/c15-12-10-16-17-14(20)13(12)19-8-6-18(7-9-19)11-4-2-1-3-5-11/h1-5,10H,6-9H2,(H,17,20). The molecule has 1 aliphatic rings. The predicted octanol–water partition coefficient (Wildman–Crippen LogP) is 1.75. The lowest BCUT2D eigenvalue weighted by Gasteiger charge is -2.37. The maximum absolute atomic E-state index is 11.8. The summed E-state index contributed by atoms with van der Waals surface area (Å²) in [4.78, 5) is 16.2. The summed E-state index contributed by atoms with van der Waals surface area (Å²) in [6.07, 6.45) is 1.47. The number of piperazine rings is 1. The first-order chi connectivity index (χ1) is 9.75. The minimum atomic E-state index is -0.231. The van der Waals surface area contributed by atoms with Crippen LogP contribution in [0.2, 0.25) is 5.02 Å². The van der Waals surface area contributed by atoms with Gasteiger partial charge < -0.3 is 9.80 Å². The highest BCUT2D eigenvalue weighted by Gasteiger charge is 2.21. The van der Waals surface area contributed by atoms with E-state index >= 15 is 0 Å². The monoisotopic (exact) mass is 290 g/mol. The number of nitrogens with one attached hydrogen (secondary N) is 1. The van der Waals surface area contributed by atoms with E-state index in [1.807, 2.05) is 23.1 Å². The van der Waals surface area contributed by atoms with Gasteiger partial charge in [0.25, 0.3) is 5.56 Å². The molecule has 0 aliphatic carbocycles. The number of rotatable bonds is 2. The number of benzene rings is 1. The Balaban J connectivity index is 1.75. The molecule has 1 aliphatic heterocycles. The van der Waals surface area contributed by atoms with Gasteiger partial charge >= 0.3 is 0 Å². The molecule has 2 heterocycles. The second-order valence-corrected chi connectivity index (χ2v) is 5.11. The third-order valence-electron chi connectivity index (χ3n) is 3.50. The van der Waals surface area contributed by atoms with E-state index in [2.05, 4.69) is 27.2 Å². The van der Waals surface area contributed by atoms with Gasteiger partial charge in [0.1, 0.15) is 5.69 Å². The Morgan fingerprint density at radius 2 is 1.70 bits per heavy atom. The van der Waals surface area contributed by atoms with Crippen molar-refractivity contribution < 1.29 is 0 Å². The number of H-pyrrole nitrogens is 1. The Morgan fingerprint density at radius 3 is 2.35 bits per heavy atom. The zero-order valence-electron chi connectivity index (χ0n) is 10.9. The van der Waals surface area contributed by atoms with Crippen molar-refractivity contribution in [2.24, 2.45) is 0 Å². The van der Waals surface area contributed by atoms with E-state index in [-0.39, 0.29) is 5.56 Å². The molecular formula is C14H15ClN4O. The molecule has 0 bridgehead atoms. The fourth-order valence-corrected chi connectivity index (χ4v) is 2.75. The molecule has 0 saturated carbocycles. The van der Waals surface area contributed by atoms with Crippen molar-refractivity contribution in [3.05, 3.63) is 51.9 Å². The van der Waals surface area contributed by atoms with Crippen molar-refractivity contribution in [2.45, 2.75) is 0 Å².